The second kappa shape index (κ2) is 16.8. The summed E-state index contributed by atoms with van der Waals surface area (Å²) in [6.45, 7) is -0.233. The number of halogens is 3. The van der Waals surface area contributed by atoms with Crippen LogP contribution in [-0.2, 0) is 28.9 Å². The topological polar surface area (TPSA) is 180 Å². The Kier molecular flexibility index (Phi) is 13.1. The molecule has 3 aromatic rings. The van der Waals surface area contributed by atoms with E-state index in [2.05, 4.69) is 4.98 Å². The zero-order valence-corrected chi connectivity index (χ0v) is 26.0. The number of carbonyl (C=O) groups excluding carboxylic acids is 2. The molecule has 0 fully saturated rings. The van der Waals surface area contributed by atoms with Gasteiger partial charge in [-0.25, -0.2) is 9.78 Å². The zero-order chi connectivity index (χ0) is 33.9. The molecule has 2 aliphatic rings. The van der Waals surface area contributed by atoms with Gasteiger partial charge in [0.15, 0.2) is 5.01 Å². The summed E-state index contributed by atoms with van der Waals surface area (Å²) in [7, 11) is 0. The maximum atomic E-state index is 12.9. The van der Waals surface area contributed by atoms with Gasteiger partial charge in [0.05, 0.1) is 17.7 Å². The summed E-state index contributed by atoms with van der Waals surface area (Å²) in [5.41, 5.74) is 13.8. The number of alkyl halides is 3. The summed E-state index contributed by atoms with van der Waals surface area (Å²) in [6, 6.07) is 18.7. The highest BCUT2D eigenvalue weighted by Gasteiger charge is 2.38. The van der Waals surface area contributed by atoms with Crippen molar-refractivity contribution in [3.63, 3.8) is 0 Å². The Morgan fingerprint density at radius 3 is 2.09 bits per heavy atom. The monoisotopic (exact) mass is 679 g/mol. The number of amides is 2. The van der Waals surface area contributed by atoms with E-state index in [1.807, 2.05) is 46.7 Å². The number of nitrogens with two attached hydrogens (primary N) is 2. The van der Waals surface area contributed by atoms with Gasteiger partial charge in [0.1, 0.15) is 12.4 Å². The number of primary amides is 1. The van der Waals surface area contributed by atoms with Gasteiger partial charge in [0, 0.05) is 22.3 Å². The van der Waals surface area contributed by atoms with Crippen molar-refractivity contribution in [1.29, 1.82) is 0 Å². The highest BCUT2D eigenvalue weighted by Crippen LogP contribution is 2.34. The lowest BCUT2D eigenvalue weighted by Gasteiger charge is -2.33. The molecule has 5 rings (SSSR count). The van der Waals surface area contributed by atoms with Crippen LogP contribution in [0.5, 0.6) is 0 Å². The third-order valence-corrected chi connectivity index (χ3v) is 8.81. The number of hydrogen-bond donors (Lipinski definition) is 4. The summed E-state index contributed by atoms with van der Waals surface area (Å²) in [6.07, 6.45) is 0.144. The Morgan fingerprint density at radius 2 is 1.57 bits per heavy atom. The SMILES string of the molecule is NC(=O)c1nc2c(s1)CCCC2.NCN1C(N(CC(=O)O)C(=O)c2ccccc2)=CSC1Cc1ccccc1.O=C(O)C(F)(F)F. The van der Waals surface area contributed by atoms with Crippen LogP contribution in [-0.4, -0.2) is 73.5 Å². The molecule has 0 spiro atoms. The minimum atomic E-state index is -5.08. The van der Waals surface area contributed by atoms with E-state index < -0.39 is 30.6 Å². The maximum Gasteiger partial charge on any atom is 0.490 e. The van der Waals surface area contributed by atoms with Gasteiger partial charge in [0.2, 0.25) is 0 Å². The molecule has 1 unspecified atom stereocenters. The smallest absolute Gasteiger partial charge is 0.480 e. The molecule has 1 aliphatic carbocycles. The largest absolute Gasteiger partial charge is 0.490 e. The lowest BCUT2D eigenvalue weighted by atomic mass is 10.0. The normalized spacial score (nSPS) is 15.3. The predicted octanol–water partition coefficient (Wildman–Crippen LogP) is 4.30. The number of carboxylic acid groups (broad SMARTS) is 2. The van der Waals surface area contributed by atoms with Gasteiger partial charge in [-0.15, -0.1) is 23.1 Å². The molecule has 0 saturated carbocycles. The van der Waals surface area contributed by atoms with Crippen molar-refractivity contribution in [2.24, 2.45) is 11.5 Å². The predicted molar refractivity (Wildman–Crippen MR) is 167 cm³/mol. The van der Waals surface area contributed by atoms with Crippen molar-refractivity contribution < 1.29 is 42.6 Å². The molecule has 0 saturated heterocycles. The van der Waals surface area contributed by atoms with Crippen molar-refractivity contribution in [3.8, 4) is 0 Å². The lowest BCUT2D eigenvalue weighted by molar-refractivity contribution is -0.192. The second-order valence-corrected chi connectivity index (χ2v) is 12.0. The average molecular weight is 680 g/mol. The van der Waals surface area contributed by atoms with Gasteiger partial charge in [-0.3, -0.25) is 19.3 Å². The summed E-state index contributed by atoms with van der Waals surface area (Å²) >= 11 is 3.00. The summed E-state index contributed by atoms with van der Waals surface area (Å²) in [5.74, 6) is -4.06. The number of thioether (sulfide) groups is 1. The van der Waals surface area contributed by atoms with E-state index in [1.165, 1.54) is 34.0 Å². The van der Waals surface area contributed by atoms with Gasteiger partial charge < -0.3 is 26.6 Å². The van der Waals surface area contributed by atoms with E-state index in [-0.39, 0.29) is 17.9 Å². The number of carboxylic acids is 2. The van der Waals surface area contributed by atoms with Gasteiger partial charge in [-0.2, -0.15) is 13.2 Å². The second-order valence-electron chi connectivity index (χ2n) is 9.82. The molecular weight excluding hydrogens is 647 g/mol. The molecule has 0 bridgehead atoms. The fraction of sp³-hybridized carbons (Fsp3) is 0.300. The number of benzene rings is 2. The lowest BCUT2D eigenvalue weighted by Crippen LogP contribution is -2.45. The van der Waals surface area contributed by atoms with Crippen molar-refractivity contribution in [2.75, 3.05) is 13.2 Å². The minimum Gasteiger partial charge on any atom is -0.480 e. The standard InChI is InChI=1S/C20H21N3O3S.C8H10N2OS.C2HF3O2/c21-14-23-17(13-27-18(23)11-15-7-3-1-4-8-15)22(12-19(24)25)20(26)16-9-5-2-6-10-16;9-7(11)8-10-5-3-1-2-4-6(5)12-8;3-2(4,5)1(6)7/h1-10,13,18H,11-12,14,21H2,(H,24,25);1-4H2,(H2,9,11);(H,6,7). The molecule has 2 heterocycles. The fourth-order valence-electron chi connectivity index (χ4n) is 4.42. The van der Waals surface area contributed by atoms with Gasteiger partial charge in [-0.1, -0.05) is 48.5 Å². The highest BCUT2D eigenvalue weighted by atomic mass is 32.2. The van der Waals surface area contributed by atoms with Crippen LogP contribution in [0.2, 0.25) is 0 Å². The van der Waals surface area contributed by atoms with Crippen molar-refractivity contribution in [3.05, 3.63) is 98.6 Å². The third kappa shape index (κ3) is 10.3. The van der Waals surface area contributed by atoms with Crippen LogP contribution in [0.25, 0.3) is 0 Å². The van der Waals surface area contributed by atoms with E-state index in [0.717, 1.165) is 30.5 Å². The van der Waals surface area contributed by atoms with Crippen LogP contribution < -0.4 is 11.5 Å². The molecule has 1 aliphatic heterocycles. The summed E-state index contributed by atoms with van der Waals surface area (Å²) in [4.78, 5) is 52.6. The van der Waals surface area contributed by atoms with E-state index >= 15 is 0 Å². The number of hydrogen-bond acceptors (Lipinski definition) is 9. The first-order valence-electron chi connectivity index (χ1n) is 13.8. The van der Waals surface area contributed by atoms with Gasteiger partial charge in [-0.05, 0) is 43.4 Å². The molecule has 1 atom stereocenters. The van der Waals surface area contributed by atoms with E-state index in [1.54, 1.807) is 36.0 Å². The Morgan fingerprint density at radius 1 is 0.978 bits per heavy atom. The van der Waals surface area contributed by atoms with E-state index in [0.29, 0.717) is 16.4 Å². The van der Waals surface area contributed by atoms with Crippen molar-refractivity contribution >= 4 is 46.9 Å². The summed E-state index contributed by atoms with van der Waals surface area (Å²) in [5, 5.41) is 18.8. The molecule has 16 heteroatoms. The number of nitrogens with zero attached hydrogens (tertiary/aromatic N) is 3. The molecule has 6 N–H and O–H groups in total. The quantitative estimate of drug-likeness (QED) is 0.268. The number of aliphatic carboxylic acids is 2. The highest BCUT2D eigenvalue weighted by molar-refractivity contribution is 8.02. The molecule has 11 nitrogen and oxygen atoms in total. The molecular formula is C30H32F3N5O6S2. The van der Waals surface area contributed by atoms with Crippen LogP contribution in [0, 0.1) is 0 Å². The first-order valence-corrected chi connectivity index (χ1v) is 15.6. The molecule has 246 valence electrons. The number of fused-ring (bicyclic) bond motifs is 1. The summed E-state index contributed by atoms with van der Waals surface area (Å²) < 4.78 is 31.7. The Balaban J connectivity index is 0.000000248. The number of aromatic nitrogens is 1. The molecule has 2 amide bonds. The van der Waals surface area contributed by atoms with Gasteiger partial charge >= 0.3 is 18.1 Å². The van der Waals surface area contributed by atoms with Crippen molar-refractivity contribution in [2.45, 2.75) is 43.7 Å². The Labute approximate surface area is 270 Å². The fourth-order valence-corrected chi connectivity index (χ4v) is 6.59. The maximum absolute atomic E-state index is 12.9. The van der Waals surface area contributed by atoms with Crippen LogP contribution >= 0.6 is 23.1 Å². The van der Waals surface area contributed by atoms with Crippen LogP contribution in [0.4, 0.5) is 13.2 Å². The van der Waals surface area contributed by atoms with E-state index in [4.69, 9.17) is 21.4 Å². The molecule has 0 radical (unpaired) electrons. The van der Waals surface area contributed by atoms with Crippen molar-refractivity contribution in [1.82, 2.24) is 14.8 Å². The number of rotatable bonds is 8. The number of aryl methyl sites for hydroxylation is 2. The third-order valence-electron chi connectivity index (χ3n) is 6.56. The average Bonchev–Trinajstić information content (AvgIpc) is 3.65. The van der Waals surface area contributed by atoms with E-state index in [9.17, 15) is 32.7 Å². The Bertz CT molecular complexity index is 1510. The molecule has 2 aromatic carbocycles. The Hall–Kier alpha value is -4.41. The van der Waals surface area contributed by atoms with Crippen LogP contribution in [0.15, 0.2) is 71.9 Å². The molecule has 1 aromatic heterocycles. The minimum absolute atomic E-state index is 0.00673. The first-order chi connectivity index (χ1) is 21.8. The molecule has 46 heavy (non-hydrogen) atoms. The number of carbonyl (C=O) groups is 4. The van der Waals surface area contributed by atoms with Gasteiger partial charge in [0.25, 0.3) is 11.8 Å². The first kappa shape index (κ1) is 36.1. The number of thiazole rings is 1. The van der Waals surface area contributed by atoms with Crippen LogP contribution in [0.3, 0.4) is 0 Å². The van der Waals surface area contributed by atoms with Crippen LogP contribution in [0.1, 0.15) is 49.1 Å². The zero-order valence-electron chi connectivity index (χ0n) is 24.4.